The van der Waals surface area contributed by atoms with Crippen LogP contribution in [0.5, 0.6) is 0 Å². The summed E-state index contributed by atoms with van der Waals surface area (Å²) < 4.78 is 7.45. The molecule has 152 valence electrons. The Morgan fingerprint density at radius 1 is 1.00 bits per heavy atom. The third kappa shape index (κ3) is 5.34. The van der Waals surface area contributed by atoms with Crippen LogP contribution in [0, 0.1) is 0 Å². The fraction of sp³-hybridized carbons (Fsp3) is 0.364. The Labute approximate surface area is 170 Å². The minimum atomic E-state index is 0.0424. The van der Waals surface area contributed by atoms with Crippen LogP contribution in [0.2, 0.25) is 0 Å². The van der Waals surface area contributed by atoms with Crippen LogP contribution in [0.4, 0.5) is 0 Å². The lowest BCUT2D eigenvalue weighted by molar-refractivity contribution is -0.122. The van der Waals surface area contributed by atoms with Crippen LogP contribution in [-0.4, -0.2) is 64.5 Å². The Hall–Kier alpha value is -2.90. The Kier molecular flexibility index (Phi) is 6.38. The number of rotatable bonds is 8. The summed E-state index contributed by atoms with van der Waals surface area (Å²) in [6.07, 6.45) is 5.52. The van der Waals surface area contributed by atoms with Gasteiger partial charge in [0.25, 0.3) is 0 Å². The van der Waals surface area contributed by atoms with Crippen molar-refractivity contribution in [1.82, 2.24) is 24.7 Å². The number of piperazine rings is 1. The maximum absolute atomic E-state index is 12.1. The normalized spacial score (nSPS) is 15.4. The summed E-state index contributed by atoms with van der Waals surface area (Å²) in [5, 5.41) is 2.91. The summed E-state index contributed by atoms with van der Waals surface area (Å²) in [6.45, 7) is 6.53. The number of imidazole rings is 1. The quantitative estimate of drug-likeness (QED) is 0.635. The topological polar surface area (TPSA) is 66.5 Å². The second kappa shape index (κ2) is 9.54. The number of hydrogen-bond acceptors (Lipinski definition) is 5. The highest BCUT2D eigenvalue weighted by Gasteiger charge is 2.19. The van der Waals surface area contributed by atoms with Crippen molar-refractivity contribution >= 4 is 5.91 Å². The monoisotopic (exact) mass is 393 g/mol. The first kappa shape index (κ1) is 19.4. The first-order valence-electron chi connectivity index (χ1n) is 10.1. The molecular weight excluding hydrogens is 366 g/mol. The molecule has 1 fully saturated rings. The highest BCUT2D eigenvalue weighted by Crippen LogP contribution is 2.16. The molecule has 0 saturated carbocycles. The van der Waals surface area contributed by atoms with Gasteiger partial charge in [0.2, 0.25) is 5.91 Å². The van der Waals surface area contributed by atoms with Gasteiger partial charge in [-0.15, -0.1) is 0 Å². The van der Waals surface area contributed by atoms with Crippen molar-refractivity contribution in [3.05, 3.63) is 66.9 Å². The molecule has 1 amide bonds. The van der Waals surface area contributed by atoms with Gasteiger partial charge in [-0.3, -0.25) is 14.6 Å². The van der Waals surface area contributed by atoms with Crippen LogP contribution in [0.3, 0.4) is 0 Å². The first-order chi connectivity index (χ1) is 14.3. The summed E-state index contributed by atoms with van der Waals surface area (Å²) in [5.41, 5.74) is 1.14. The molecule has 0 radical (unpaired) electrons. The maximum atomic E-state index is 12.1. The Balaban J connectivity index is 1.19. The molecular formula is C22H27N5O2. The fourth-order valence-electron chi connectivity index (χ4n) is 3.62. The van der Waals surface area contributed by atoms with E-state index in [9.17, 15) is 4.79 Å². The lowest BCUT2D eigenvalue weighted by Gasteiger charge is -2.34. The van der Waals surface area contributed by atoms with E-state index < -0.39 is 0 Å². The van der Waals surface area contributed by atoms with Gasteiger partial charge in [-0.1, -0.05) is 30.3 Å². The largest absolute Gasteiger partial charge is 0.467 e. The SMILES string of the molecule is O=C(CN1CCN(CCn2ccnc2-c2ccccc2)CC1)NCc1ccco1. The number of carbonyl (C=O) groups is 1. The number of amides is 1. The van der Waals surface area contributed by atoms with E-state index in [1.807, 2.05) is 42.7 Å². The van der Waals surface area contributed by atoms with Crippen LogP contribution >= 0.6 is 0 Å². The van der Waals surface area contributed by atoms with Crippen molar-refractivity contribution in [3.63, 3.8) is 0 Å². The summed E-state index contributed by atoms with van der Waals surface area (Å²) in [5.74, 6) is 1.83. The molecule has 1 aliphatic rings. The standard InChI is InChI=1S/C22H27N5O2/c28-21(24-17-20-7-4-16-29-20)18-26-12-10-25(11-13-26)14-15-27-9-8-23-22(27)19-5-2-1-3-6-19/h1-9,16H,10-15,17-18H2,(H,24,28). The molecule has 0 atom stereocenters. The molecule has 3 heterocycles. The Bertz CT molecular complexity index is 883. The Morgan fingerprint density at radius 2 is 1.79 bits per heavy atom. The molecule has 1 saturated heterocycles. The third-order valence-corrected chi connectivity index (χ3v) is 5.28. The molecule has 0 spiro atoms. The highest BCUT2D eigenvalue weighted by molar-refractivity contribution is 5.77. The molecule has 4 rings (SSSR count). The third-order valence-electron chi connectivity index (χ3n) is 5.28. The van der Waals surface area contributed by atoms with E-state index >= 15 is 0 Å². The van der Waals surface area contributed by atoms with Gasteiger partial charge in [0.15, 0.2) is 0 Å². The van der Waals surface area contributed by atoms with E-state index in [-0.39, 0.29) is 5.91 Å². The molecule has 3 aromatic rings. The number of aromatic nitrogens is 2. The van der Waals surface area contributed by atoms with Gasteiger partial charge in [0, 0.05) is 57.2 Å². The number of furan rings is 1. The van der Waals surface area contributed by atoms with E-state index in [2.05, 4.69) is 36.8 Å². The highest BCUT2D eigenvalue weighted by atomic mass is 16.3. The van der Waals surface area contributed by atoms with Crippen LogP contribution in [0.15, 0.2) is 65.5 Å². The lowest BCUT2D eigenvalue weighted by Crippen LogP contribution is -2.49. The van der Waals surface area contributed by atoms with Crippen molar-refractivity contribution in [2.24, 2.45) is 0 Å². The van der Waals surface area contributed by atoms with Gasteiger partial charge >= 0.3 is 0 Å². The number of nitrogens with one attached hydrogen (secondary N) is 1. The predicted molar refractivity (Wildman–Crippen MR) is 111 cm³/mol. The molecule has 0 aliphatic carbocycles. The Morgan fingerprint density at radius 3 is 2.55 bits per heavy atom. The van der Waals surface area contributed by atoms with Gasteiger partial charge in [-0.2, -0.15) is 0 Å². The van der Waals surface area contributed by atoms with Crippen LogP contribution < -0.4 is 5.32 Å². The smallest absolute Gasteiger partial charge is 0.234 e. The van der Waals surface area contributed by atoms with Crippen molar-refractivity contribution < 1.29 is 9.21 Å². The average Bonchev–Trinajstić information content (AvgIpc) is 3.44. The molecule has 1 N–H and O–H groups in total. The zero-order valence-corrected chi connectivity index (χ0v) is 16.5. The van der Waals surface area contributed by atoms with Crippen molar-refractivity contribution in [3.8, 4) is 11.4 Å². The van der Waals surface area contributed by atoms with Gasteiger partial charge in [0.05, 0.1) is 19.4 Å². The lowest BCUT2D eigenvalue weighted by atomic mass is 10.2. The summed E-state index contributed by atoms with van der Waals surface area (Å²) in [6, 6.07) is 14.0. The summed E-state index contributed by atoms with van der Waals surface area (Å²) in [4.78, 5) is 21.3. The average molecular weight is 393 g/mol. The zero-order valence-electron chi connectivity index (χ0n) is 16.5. The number of benzene rings is 1. The van der Waals surface area contributed by atoms with E-state index in [4.69, 9.17) is 4.42 Å². The van der Waals surface area contributed by atoms with E-state index in [1.54, 1.807) is 6.26 Å². The molecule has 7 nitrogen and oxygen atoms in total. The van der Waals surface area contributed by atoms with Crippen molar-refractivity contribution in [1.29, 1.82) is 0 Å². The van der Waals surface area contributed by atoms with Crippen LogP contribution in [-0.2, 0) is 17.9 Å². The number of hydrogen-bond donors (Lipinski definition) is 1. The molecule has 29 heavy (non-hydrogen) atoms. The van der Waals surface area contributed by atoms with E-state index in [0.29, 0.717) is 13.1 Å². The van der Waals surface area contributed by atoms with Crippen LogP contribution in [0.25, 0.3) is 11.4 Å². The molecule has 1 aromatic carbocycles. The minimum Gasteiger partial charge on any atom is -0.467 e. The number of carbonyl (C=O) groups excluding carboxylic acids is 1. The van der Waals surface area contributed by atoms with E-state index in [1.165, 1.54) is 0 Å². The molecule has 1 aliphatic heterocycles. The van der Waals surface area contributed by atoms with Crippen LogP contribution in [0.1, 0.15) is 5.76 Å². The van der Waals surface area contributed by atoms with Gasteiger partial charge in [0.1, 0.15) is 11.6 Å². The van der Waals surface area contributed by atoms with Gasteiger partial charge in [-0.05, 0) is 12.1 Å². The fourth-order valence-corrected chi connectivity index (χ4v) is 3.62. The second-order valence-corrected chi connectivity index (χ2v) is 7.28. The summed E-state index contributed by atoms with van der Waals surface area (Å²) in [7, 11) is 0. The van der Waals surface area contributed by atoms with E-state index in [0.717, 1.165) is 56.4 Å². The predicted octanol–water partition coefficient (Wildman–Crippen LogP) is 2.08. The molecule has 7 heteroatoms. The van der Waals surface area contributed by atoms with Crippen molar-refractivity contribution in [2.45, 2.75) is 13.1 Å². The number of nitrogens with zero attached hydrogens (tertiary/aromatic N) is 4. The first-order valence-corrected chi connectivity index (χ1v) is 10.1. The second-order valence-electron chi connectivity index (χ2n) is 7.28. The molecule has 0 bridgehead atoms. The maximum Gasteiger partial charge on any atom is 0.234 e. The van der Waals surface area contributed by atoms with Crippen molar-refractivity contribution in [2.75, 3.05) is 39.3 Å². The zero-order chi connectivity index (χ0) is 19.9. The molecule has 2 aromatic heterocycles. The molecule has 0 unspecified atom stereocenters. The summed E-state index contributed by atoms with van der Waals surface area (Å²) >= 11 is 0. The van der Waals surface area contributed by atoms with Gasteiger partial charge in [-0.25, -0.2) is 4.98 Å². The minimum absolute atomic E-state index is 0.0424. The van der Waals surface area contributed by atoms with Gasteiger partial charge < -0.3 is 14.3 Å².